The zero-order chi connectivity index (χ0) is 14.2. The van der Waals surface area contributed by atoms with E-state index in [0.717, 1.165) is 30.9 Å². The molecule has 1 aliphatic carbocycles. The summed E-state index contributed by atoms with van der Waals surface area (Å²) in [5.41, 5.74) is 7.68. The van der Waals surface area contributed by atoms with Crippen LogP contribution >= 0.6 is 0 Å². The molecule has 3 heteroatoms. The summed E-state index contributed by atoms with van der Waals surface area (Å²) < 4.78 is 0. The Morgan fingerprint density at radius 2 is 2.10 bits per heavy atom. The molecule has 1 fully saturated rings. The summed E-state index contributed by atoms with van der Waals surface area (Å²) in [4.78, 5) is 12.0. The normalized spacial score (nSPS) is 15.4. The van der Waals surface area contributed by atoms with Crippen LogP contribution in [0.15, 0.2) is 24.3 Å². The first-order valence-electron chi connectivity index (χ1n) is 7.87. The van der Waals surface area contributed by atoms with Gasteiger partial charge in [0.05, 0.1) is 0 Å². The van der Waals surface area contributed by atoms with Crippen LogP contribution in [-0.2, 0) is 11.2 Å². The Labute approximate surface area is 121 Å². The fraction of sp³-hybridized carbons (Fsp3) is 0.588. The van der Waals surface area contributed by atoms with Gasteiger partial charge in [-0.2, -0.15) is 0 Å². The predicted molar refractivity (Wildman–Crippen MR) is 83.6 cm³/mol. The first-order valence-corrected chi connectivity index (χ1v) is 7.87. The maximum Gasteiger partial charge on any atom is 0.224 e. The molecule has 0 atom stereocenters. The number of anilines is 1. The molecule has 0 radical (unpaired) electrons. The third-order valence-corrected chi connectivity index (χ3v) is 4.13. The Hall–Kier alpha value is -1.35. The van der Waals surface area contributed by atoms with E-state index >= 15 is 0 Å². The molecule has 0 saturated heterocycles. The lowest BCUT2D eigenvalue weighted by Gasteiger charge is -2.10. The van der Waals surface area contributed by atoms with Gasteiger partial charge in [0.25, 0.3) is 0 Å². The Balaban J connectivity index is 1.77. The van der Waals surface area contributed by atoms with E-state index < -0.39 is 0 Å². The van der Waals surface area contributed by atoms with Gasteiger partial charge in [-0.3, -0.25) is 4.79 Å². The quantitative estimate of drug-likeness (QED) is 0.799. The molecule has 3 N–H and O–H groups in total. The number of carbonyl (C=O) groups is 1. The minimum Gasteiger partial charge on any atom is -0.330 e. The van der Waals surface area contributed by atoms with Crippen molar-refractivity contribution in [1.29, 1.82) is 0 Å². The Morgan fingerprint density at radius 1 is 1.30 bits per heavy atom. The second-order valence-corrected chi connectivity index (χ2v) is 5.83. The monoisotopic (exact) mass is 274 g/mol. The number of hydrogen-bond donors (Lipinski definition) is 2. The van der Waals surface area contributed by atoms with Crippen LogP contribution in [0.3, 0.4) is 0 Å². The van der Waals surface area contributed by atoms with Crippen molar-refractivity contribution in [3.05, 3.63) is 29.8 Å². The molecular formula is C17H26N2O. The molecule has 0 aromatic heterocycles. The highest BCUT2D eigenvalue weighted by Gasteiger charge is 2.16. The molecule has 0 unspecified atom stereocenters. The molecule has 1 aliphatic rings. The number of nitrogens with two attached hydrogens (primary N) is 1. The number of amides is 1. The average molecular weight is 274 g/mol. The van der Waals surface area contributed by atoms with Crippen molar-refractivity contribution in [2.45, 2.75) is 51.4 Å². The smallest absolute Gasteiger partial charge is 0.224 e. The zero-order valence-corrected chi connectivity index (χ0v) is 12.2. The lowest BCUT2D eigenvalue weighted by atomic mass is 10.0. The van der Waals surface area contributed by atoms with E-state index in [4.69, 9.17) is 5.73 Å². The van der Waals surface area contributed by atoms with Gasteiger partial charge >= 0.3 is 0 Å². The highest BCUT2D eigenvalue weighted by molar-refractivity contribution is 5.90. The van der Waals surface area contributed by atoms with Crippen LogP contribution in [0.4, 0.5) is 5.69 Å². The number of aryl methyl sites for hydroxylation is 1. The minimum atomic E-state index is 0.146. The molecule has 0 aliphatic heterocycles. The first-order chi connectivity index (χ1) is 9.78. The molecule has 20 heavy (non-hydrogen) atoms. The third-order valence-electron chi connectivity index (χ3n) is 4.13. The molecule has 110 valence electrons. The molecule has 1 aromatic rings. The Kier molecular flexibility index (Phi) is 6.06. The van der Waals surface area contributed by atoms with Crippen molar-refractivity contribution >= 4 is 11.6 Å². The first kappa shape index (κ1) is 15.0. The van der Waals surface area contributed by atoms with Crippen LogP contribution in [0.5, 0.6) is 0 Å². The van der Waals surface area contributed by atoms with Crippen molar-refractivity contribution < 1.29 is 4.79 Å². The van der Waals surface area contributed by atoms with Gasteiger partial charge in [0.2, 0.25) is 5.91 Å². The van der Waals surface area contributed by atoms with Gasteiger partial charge in [0.15, 0.2) is 0 Å². The maximum atomic E-state index is 12.0. The van der Waals surface area contributed by atoms with E-state index in [0.29, 0.717) is 13.0 Å². The van der Waals surface area contributed by atoms with Gasteiger partial charge in [-0.05, 0) is 49.4 Å². The van der Waals surface area contributed by atoms with Crippen LogP contribution in [0.2, 0.25) is 0 Å². The zero-order valence-electron chi connectivity index (χ0n) is 12.2. The lowest BCUT2D eigenvalue weighted by molar-refractivity contribution is -0.116. The number of hydrogen-bond acceptors (Lipinski definition) is 2. The highest BCUT2D eigenvalue weighted by atomic mass is 16.1. The van der Waals surface area contributed by atoms with E-state index in [2.05, 4.69) is 17.4 Å². The van der Waals surface area contributed by atoms with Crippen LogP contribution in [0.1, 0.15) is 50.5 Å². The summed E-state index contributed by atoms with van der Waals surface area (Å²) in [6, 6.07) is 8.10. The van der Waals surface area contributed by atoms with Crippen LogP contribution < -0.4 is 11.1 Å². The van der Waals surface area contributed by atoms with Crippen molar-refractivity contribution in [1.82, 2.24) is 0 Å². The van der Waals surface area contributed by atoms with Gasteiger partial charge in [-0.15, -0.1) is 0 Å². The second-order valence-electron chi connectivity index (χ2n) is 5.83. The second kappa shape index (κ2) is 8.05. The number of carbonyl (C=O) groups excluding carboxylic acids is 1. The van der Waals surface area contributed by atoms with Crippen LogP contribution in [0.25, 0.3) is 0 Å². The molecule has 1 amide bonds. The SMILES string of the molecule is NCCCc1cccc(NC(=O)CCC2CCCC2)c1. The molecule has 2 rings (SSSR count). The molecule has 0 heterocycles. The lowest BCUT2D eigenvalue weighted by Crippen LogP contribution is -2.13. The fourth-order valence-electron chi connectivity index (χ4n) is 2.97. The van der Waals surface area contributed by atoms with E-state index in [1.165, 1.54) is 31.2 Å². The van der Waals surface area contributed by atoms with Gasteiger partial charge in [0.1, 0.15) is 0 Å². The maximum absolute atomic E-state index is 12.0. The summed E-state index contributed by atoms with van der Waals surface area (Å²) in [6.07, 6.45) is 8.95. The highest BCUT2D eigenvalue weighted by Crippen LogP contribution is 2.28. The molecule has 1 aromatic carbocycles. The number of nitrogens with one attached hydrogen (secondary N) is 1. The van der Waals surface area contributed by atoms with E-state index in [9.17, 15) is 4.79 Å². The van der Waals surface area contributed by atoms with Crippen molar-refractivity contribution in [3.63, 3.8) is 0 Å². The largest absolute Gasteiger partial charge is 0.330 e. The minimum absolute atomic E-state index is 0.146. The topological polar surface area (TPSA) is 55.1 Å². The van der Waals surface area contributed by atoms with Crippen molar-refractivity contribution in [3.8, 4) is 0 Å². The Bertz CT molecular complexity index is 425. The number of benzene rings is 1. The summed E-state index contributed by atoms with van der Waals surface area (Å²) in [5.74, 6) is 0.921. The predicted octanol–water partition coefficient (Wildman–Crippen LogP) is 3.49. The molecular weight excluding hydrogens is 248 g/mol. The fourth-order valence-corrected chi connectivity index (χ4v) is 2.97. The summed E-state index contributed by atoms with van der Waals surface area (Å²) in [5, 5.41) is 3.01. The molecule has 1 saturated carbocycles. The van der Waals surface area contributed by atoms with Gasteiger partial charge in [-0.1, -0.05) is 37.8 Å². The number of rotatable bonds is 7. The molecule has 3 nitrogen and oxygen atoms in total. The van der Waals surface area contributed by atoms with Crippen molar-refractivity contribution in [2.75, 3.05) is 11.9 Å². The van der Waals surface area contributed by atoms with Crippen LogP contribution in [-0.4, -0.2) is 12.5 Å². The van der Waals surface area contributed by atoms with Gasteiger partial charge < -0.3 is 11.1 Å². The molecule has 0 spiro atoms. The summed E-state index contributed by atoms with van der Waals surface area (Å²) >= 11 is 0. The van der Waals surface area contributed by atoms with E-state index in [-0.39, 0.29) is 5.91 Å². The van der Waals surface area contributed by atoms with Crippen molar-refractivity contribution in [2.24, 2.45) is 11.7 Å². The summed E-state index contributed by atoms with van der Waals surface area (Å²) in [6.45, 7) is 0.706. The van der Waals surface area contributed by atoms with Gasteiger partial charge in [-0.25, -0.2) is 0 Å². The Morgan fingerprint density at radius 3 is 2.85 bits per heavy atom. The summed E-state index contributed by atoms with van der Waals surface area (Å²) in [7, 11) is 0. The standard InChI is InChI=1S/C17H26N2O/c18-12-4-8-15-7-3-9-16(13-15)19-17(20)11-10-14-5-1-2-6-14/h3,7,9,13-14H,1-2,4-6,8,10-12,18H2,(H,19,20). The van der Waals surface area contributed by atoms with Gasteiger partial charge in [0, 0.05) is 12.1 Å². The van der Waals surface area contributed by atoms with E-state index in [1.54, 1.807) is 0 Å². The van der Waals surface area contributed by atoms with E-state index in [1.807, 2.05) is 12.1 Å². The third kappa shape index (κ3) is 4.97. The molecule has 0 bridgehead atoms. The average Bonchev–Trinajstić information content (AvgIpc) is 2.97. The van der Waals surface area contributed by atoms with Crippen LogP contribution in [0, 0.1) is 5.92 Å².